The van der Waals surface area contributed by atoms with Crippen molar-refractivity contribution in [2.45, 2.75) is 4.90 Å². The number of pyridine rings is 1. The Hall–Kier alpha value is -2.52. The molecule has 0 spiro atoms. The topological polar surface area (TPSA) is 142 Å². The summed E-state index contributed by atoms with van der Waals surface area (Å²) in [5.74, 6) is -2.95. The van der Waals surface area contributed by atoms with Crippen molar-refractivity contribution >= 4 is 33.0 Å². The van der Waals surface area contributed by atoms with Crippen molar-refractivity contribution < 1.29 is 32.8 Å². The molecule has 3 N–H and O–H groups in total. The van der Waals surface area contributed by atoms with Crippen LogP contribution < -0.4 is 0 Å². The van der Waals surface area contributed by atoms with Crippen molar-refractivity contribution in [2.75, 3.05) is 0 Å². The lowest BCUT2D eigenvalue weighted by Crippen LogP contribution is -2.09. The van der Waals surface area contributed by atoms with Crippen molar-refractivity contribution in [2.24, 2.45) is 0 Å². The van der Waals surface area contributed by atoms with Gasteiger partial charge in [0.2, 0.25) is 0 Å². The summed E-state index contributed by atoms with van der Waals surface area (Å²) >= 11 is 0. The van der Waals surface area contributed by atoms with Gasteiger partial charge in [0.15, 0.2) is 0 Å². The van der Waals surface area contributed by atoms with E-state index in [1.54, 1.807) is 0 Å². The van der Waals surface area contributed by atoms with Gasteiger partial charge in [-0.1, -0.05) is 12.1 Å². The predicted molar refractivity (Wildman–Crippen MR) is 65.5 cm³/mol. The van der Waals surface area contributed by atoms with Crippen LogP contribution in [0.4, 0.5) is 0 Å². The molecule has 0 saturated carbocycles. The number of carbonyl (C=O) groups is 2. The molecule has 9 heteroatoms. The maximum Gasteiger partial charge on any atom is 0.354 e. The molecule has 0 saturated heterocycles. The van der Waals surface area contributed by atoms with E-state index in [4.69, 9.17) is 14.8 Å². The Kier molecular flexibility index (Phi) is 3.16. The van der Waals surface area contributed by atoms with E-state index >= 15 is 0 Å². The third-order valence-corrected chi connectivity index (χ3v) is 3.42. The number of carboxylic acids is 2. The van der Waals surface area contributed by atoms with Crippen LogP contribution in [0.1, 0.15) is 20.8 Å². The van der Waals surface area contributed by atoms with E-state index in [1.165, 1.54) is 12.1 Å². The van der Waals surface area contributed by atoms with Crippen LogP contribution >= 0.6 is 0 Å². The minimum atomic E-state index is -4.66. The smallest absolute Gasteiger partial charge is 0.354 e. The average Bonchev–Trinajstić information content (AvgIpc) is 2.35. The zero-order valence-corrected chi connectivity index (χ0v) is 10.5. The second-order valence-corrected chi connectivity index (χ2v) is 5.18. The van der Waals surface area contributed by atoms with Gasteiger partial charge in [-0.05, 0) is 12.1 Å². The summed E-state index contributed by atoms with van der Waals surface area (Å²) in [4.78, 5) is 25.0. The van der Waals surface area contributed by atoms with E-state index in [9.17, 15) is 18.0 Å². The lowest BCUT2D eigenvalue weighted by atomic mass is 10.1. The van der Waals surface area contributed by atoms with Gasteiger partial charge >= 0.3 is 11.9 Å². The maximum absolute atomic E-state index is 11.2. The quantitative estimate of drug-likeness (QED) is 0.708. The Balaban J connectivity index is 3.02. The molecule has 0 bridgehead atoms. The highest BCUT2D eigenvalue weighted by Crippen LogP contribution is 2.25. The van der Waals surface area contributed by atoms with Crippen LogP contribution in [0.2, 0.25) is 0 Å². The lowest BCUT2D eigenvalue weighted by Gasteiger charge is -2.07. The minimum absolute atomic E-state index is 0.0855. The van der Waals surface area contributed by atoms with Crippen LogP contribution in [0.15, 0.2) is 29.2 Å². The van der Waals surface area contributed by atoms with Crippen LogP contribution in [0.5, 0.6) is 0 Å². The molecule has 8 nitrogen and oxygen atoms in total. The van der Waals surface area contributed by atoms with Gasteiger partial charge in [0.05, 0.1) is 11.1 Å². The lowest BCUT2D eigenvalue weighted by molar-refractivity contribution is 0.0690. The van der Waals surface area contributed by atoms with Crippen LogP contribution in [0.25, 0.3) is 10.9 Å². The number of aromatic nitrogens is 1. The summed E-state index contributed by atoms with van der Waals surface area (Å²) < 4.78 is 31.5. The summed E-state index contributed by atoms with van der Waals surface area (Å²) in [7, 11) is -4.66. The molecule has 2 aromatic rings. The molecule has 0 fully saturated rings. The summed E-state index contributed by atoms with van der Waals surface area (Å²) in [5.41, 5.74) is -1.46. The summed E-state index contributed by atoms with van der Waals surface area (Å²) in [6.45, 7) is 0. The Labute approximate surface area is 112 Å². The second-order valence-electron chi connectivity index (χ2n) is 3.79. The van der Waals surface area contributed by atoms with E-state index < -0.39 is 43.7 Å². The highest BCUT2D eigenvalue weighted by Gasteiger charge is 2.21. The zero-order chi connectivity index (χ0) is 15.1. The molecular weight excluding hydrogens is 290 g/mol. The molecule has 1 heterocycles. The molecule has 20 heavy (non-hydrogen) atoms. The third kappa shape index (κ3) is 2.31. The molecule has 1 aromatic heterocycles. The van der Waals surface area contributed by atoms with Gasteiger partial charge in [-0.3, -0.25) is 4.55 Å². The molecule has 1 aromatic carbocycles. The van der Waals surface area contributed by atoms with E-state index in [1.807, 2.05) is 0 Å². The van der Waals surface area contributed by atoms with Gasteiger partial charge in [0, 0.05) is 5.39 Å². The summed E-state index contributed by atoms with van der Waals surface area (Å²) in [6, 6.07) is 4.31. The first-order chi connectivity index (χ1) is 9.21. The number of hydrogen-bond donors (Lipinski definition) is 3. The van der Waals surface area contributed by atoms with E-state index in [-0.39, 0.29) is 5.39 Å². The number of carboxylic acid groups (broad SMARTS) is 2. The Bertz CT molecular complexity index is 841. The molecule has 0 unspecified atom stereocenters. The maximum atomic E-state index is 11.2. The largest absolute Gasteiger partial charge is 0.478 e. The second kappa shape index (κ2) is 4.54. The molecule has 0 aliphatic carbocycles. The number of fused-ring (bicyclic) bond motifs is 1. The summed E-state index contributed by atoms with van der Waals surface area (Å²) in [6.07, 6.45) is 0. The van der Waals surface area contributed by atoms with Gasteiger partial charge in [-0.15, -0.1) is 0 Å². The van der Waals surface area contributed by atoms with E-state index in [2.05, 4.69) is 4.98 Å². The van der Waals surface area contributed by atoms with Crippen LogP contribution in [0, 0.1) is 0 Å². The van der Waals surface area contributed by atoms with Crippen LogP contribution in [-0.4, -0.2) is 40.1 Å². The molecule has 0 amide bonds. The van der Waals surface area contributed by atoms with Crippen molar-refractivity contribution in [1.82, 2.24) is 4.98 Å². The number of hydrogen-bond acceptors (Lipinski definition) is 5. The molecule has 104 valence electrons. The van der Waals surface area contributed by atoms with Crippen molar-refractivity contribution in [1.29, 1.82) is 0 Å². The molecule has 2 rings (SSSR count). The number of rotatable bonds is 3. The minimum Gasteiger partial charge on any atom is -0.478 e. The van der Waals surface area contributed by atoms with Crippen molar-refractivity contribution in [3.05, 3.63) is 35.5 Å². The number of aromatic carboxylic acids is 2. The van der Waals surface area contributed by atoms with Crippen LogP contribution in [-0.2, 0) is 10.1 Å². The van der Waals surface area contributed by atoms with Gasteiger partial charge in [-0.25, -0.2) is 14.6 Å². The number of para-hydroxylation sites is 1. The van der Waals surface area contributed by atoms with Gasteiger partial charge in [-0.2, -0.15) is 8.42 Å². The fraction of sp³-hybridized carbons (Fsp3) is 0. The third-order valence-electron chi connectivity index (χ3n) is 2.53. The van der Waals surface area contributed by atoms with Gasteiger partial charge in [0.25, 0.3) is 10.1 Å². The Morgan fingerprint density at radius 3 is 2.25 bits per heavy atom. The SMILES string of the molecule is O=C(O)c1cc(C(=O)O)c2cccc(S(=O)(=O)O)c2n1. The standard InChI is InChI=1S/C11H7NO7S/c13-10(14)6-4-7(11(15)16)12-9-5(6)2-1-3-8(9)20(17,18)19/h1-4H,(H,13,14)(H,15,16)(H,17,18,19). The highest BCUT2D eigenvalue weighted by atomic mass is 32.2. The first kappa shape index (κ1) is 13.9. The van der Waals surface area contributed by atoms with E-state index in [0.29, 0.717) is 0 Å². The zero-order valence-electron chi connectivity index (χ0n) is 9.64. The Morgan fingerprint density at radius 1 is 1.10 bits per heavy atom. The fourth-order valence-electron chi connectivity index (χ4n) is 1.72. The molecular formula is C11H7NO7S. The van der Waals surface area contributed by atoms with Crippen molar-refractivity contribution in [3.8, 4) is 0 Å². The first-order valence-corrected chi connectivity index (χ1v) is 6.53. The normalized spacial score (nSPS) is 11.4. The monoisotopic (exact) mass is 297 g/mol. The highest BCUT2D eigenvalue weighted by molar-refractivity contribution is 7.86. The first-order valence-electron chi connectivity index (χ1n) is 5.09. The average molecular weight is 297 g/mol. The number of nitrogens with zero attached hydrogens (tertiary/aromatic N) is 1. The molecule has 0 aliphatic heterocycles. The van der Waals surface area contributed by atoms with Gasteiger partial charge < -0.3 is 10.2 Å². The molecule has 0 aliphatic rings. The molecule has 0 radical (unpaired) electrons. The van der Waals surface area contributed by atoms with Crippen molar-refractivity contribution in [3.63, 3.8) is 0 Å². The summed E-state index contributed by atoms with van der Waals surface area (Å²) in [5, 5.41) is 17.8. The van der Waals surface area contributed by atoms with E-state index in [0.717, 1.165) is 12.1 Å². The predicted octanol–water partition coefficient (Wildman–Crippen LogP) is 0.878. The fourth-order valence-corrected chi connectivity index (χ4v) is 2.37. The van der Waals surface area contributed by atoms with Gasteiger partial charge in [0.1, 0.15) is 10.6 Å². The van der Waals surface area contributed by atoms with Crippen LogP contribution in [0.3, 0.4) is 0 Å². The number of benzene rings is 1. The Morgan fingerprint density at radius 2 is 1.75 bits per heavy atom. The molecule has 0 atom stereocenters.